The first-order valence-electron chi connectivity index (χ1n) is 5.26. The van der Waals surface area contributed by atoms with Gasteiger partial charge in [0.2, 0.25) is 0 Å². The van der Waals surface area contributed by atoms with Gasteiger partial charge >= 0.3 is 0 Å². The first-order valence-corrected chi connectivity index (χ1v) is 6.31. The van der Waals surface area contributed by atoms with Crippen LogP contribution >= 0.6 is 11.8 Å². The van der Waals surface area contributed by atoms with E-state index in [1.807, 2.05) is 6.92 Å². The fourth-order valence-electron chi connectivity index (χ4n) is 1.26. The number of nitrogens with one attached hydrogen (secondary N) is 1. The van der Waals surface area contributed by atoms with Gasteiger partial charge in [-0.05, 0) is 19.1 Å². The Morgan fingerprint density at radius 1 is 1.47 bits per heavy atom. The van der Waals surface area contributed by atoms with Gasteiger partial charge < -0.3 is 9.73 Å². The van der Waals surface area contributed by atoms with Gasteiger partial charge in [-0.15, -0.1) is 12.3 Å². The van der Waals surface area contributed by atoms with E-state index in [0.717, 1.165) is 5.76 Å². The second-order valence-corrected chi connectivity index (χ2v) is 4.61. The molecule has 1 rings (SSSR count). The van der Waals surface area contributed by atoms with Crippen molar-refractivity contribution in [3.05, 3.63) is 23.7 Å². The van der Waals surface area contributed by atoms with Crippen LogP contribution in [0.3, 0.4) is 0 Å². The SMILES string of the molecule is C#CCC(C)NCc1ccc(CSC(F)F)o1. The molecule has 0 fully saturated rings. The molecule has 2 nitrogen and oxygen atoms in total. The molecule has 94 valence electrons. The van der Waals surface area contributed by atoms with Gasteiger partial charge in [0.1, 0.15) is 11.5 Å². The van der Waals surface area contributed by atoms with Gasteiger partial charge in [-0.3, -0.25) is 0 Å². The molecule has 5 heteroatoms. The lowest BCUT2D eigenvalue weighted by molar-refractivity contribution is 0.251. The van der Waals surface area contributed by atoms with Crippen molar-refractivity contribution in [3.63, 3.8) is 0 Å². The average molecular weight is 259 g/mol. The summed E-state index contributed by atoms with van der Waals surface area (Å²) in [5.74, 6) is 1.69. The quantitative estimate of drug-likeness (QED) is 0.761. The number of thioether (sulfide) groups is 1. The Morgan fingerprint density at radius 3 is 2.82 bits per heavy atom. The molecule has 1 aromatic rings. The minimum absolute atomic E-state index is 0.192. The Kier molecular flexibility index (Phi) is 6.09. The van der Waals surface area contributed by atoms with Crippen molar-refractivity contribution >= 4 is 11.8 Å². The highest BCUT2D eigenvalue weighted by Gasteiger charge is 2.07. The molecular weight excluding hydrogens is 244 g/mol. The van der Waals surface area contributed by atoms with Gasteiger partial charge in [0, 0.05) is 12.5 Å². The van der Waals surface area contributed by atoms with E-state index >= 15 is 0 Å². The predicted octanol–water partition coefficient (Wildman–Crippen LogP) is 3.24. The topological polar surface area (TPSA) is 25.2 Å². The van der Waals surface area contributed by atoms with Crippen molar-refractivity contribution < 1.29 is 13.2 Å². The molecule has 0 aliphatic rings. The highest BCUT2D eigenvalue weighted by atomic mass is 32.2. The van der Waals surface area contributed by atoms with Crippen LogP contribution in [0.5, 0.6) is 0 Å². The van der Waals surface area contributed by atoms with Crippen molar-refractivity contribution in [1.82, 2.24) is 5.32 Å². The second kappa shape index (κ2) is 7.36. The summed E-state index contributed by atoms with van der Waals surface area (Å²) in [4.78, 5) is 0. The smallest absolute Gasteiger partial charge is 0.284 e. The molecule has 0 aliphatic carbocycles. The third kappa shape index (κ3) is 5.76. The van der Waals surface area contributed by atoms with E-state index in [2.05, 4.69) is 11.2 Å². The van der Waals surface area contributed by atoms with Crippen LogP contribution in [0.15, 0.2) is 16.5 Å². The van der Waals surface area contributed by atoms with Gasteiger partial charge in [0.05, 0.1) is 12.3 Å². The molecule has 0 aromatic carbocycles. The van der Waals surface area contributed by atoms with E-state index in [9.17, 15) is 8.78 Å². The second-order valence-electron chi connectivity index (χ2n) is 3.63. The minimum Gasteiger partial charge on any atom is -0.464 e. The van der Waals surface area contributed by atoms with Crippen LogP contribution in [-0.2, 0) is 12.3 Å². The van der Waals surface area contributed by atoms with Crippen molar-refractivity contribution in [2.24, 2.45) is 0 Å². The molecule has 1 aromatic heterocycles. The average Bonchev–Trinajstić information content (AvgIpc) is 2.72. The van der Waals surface area contributed by atoms with Gasteiger partial charge in [0.15, 0.2) is 0 Å². The Bertz CT molecular complexity index is 373. The zero-order valence-corrected chi connectivity index (χ0v) is 10.4. The van der Waals surface area contributed by atoms with Crippen LogP contribution in [-0.4, -0.2) is 11.8 Å². The molecule has 1 heterocycles. The first kappa shape index (κ1) is 14.1. The van der Waals surface area contributed by atoms with Crippen molar-refractivity contribution in [1.29, 1.82) is 0 Å². The van der Waals surface area contributed by atoms with Crippen LogP contribution in [0.4, 0.5) is 8.78 Å². The van der Waals surface area contributed by atoms with Gasteiger partial charge in [-0.2, -0.15) is 8.78 Å². The normalized spacial score (nSPS) is 12.6. The third-order valence-corrected chi connectivity index (χ3v) is 2.82. The fraction of sp³-hybridized carbons (Fsp3) is 0.500. The van der Waals surface area contributed by atoms with E-state index in [1.54, 1.807) is 12.1 Å². The summed E-state index contributed by atoms with van der Waals surface area (Å²) in [6.07, 6.45) is 5.83. The van der Waals surface area contributed by atoms with E-state index in [0.29, 0.717) is 30.5 Å². The maximum absolute atomic E-state index is 12.0. The summed E-state index contributed by atoms with van der Waals surface area (Å²) < 4.78 is 29.3. The maximum Gasteiger partial charge on any atom is 0.284 e. The number of furan rings is 1. The van der Waals surface area contributed by atoms with E-state index < -0.39 is 5.76 Å². The van der Waals surface area contributed by atoms with Gasteiger partial charge in [-0.25, -0.2) is 0 Å². The molecule has 17 heavy (non-hydrogen) atoms. The molecule has 0 spiro atoms. The highest BCUT2D eigenvalue weighted by molar-refractivity contribution is 7.98. The zero-order valence-electron chi connectivity index (χ0n) is 9.58. The fourth-order valence-corrected chi connectivity index (χ4v) is 1.71. The van der Waals surface area contributed by atoms with Crippen molar-refractivity contribution in [2.45, 2.75) is 37.4 Å². The summed E-state index contributed by atoms with van der Waals surface area (Å²) >= 11 is 0.556. The number of alkyl halides is 2. The molecule has 0 saturated carbocycles. The lowest BCUT2D eigenvalue weighted by atomic mass is 10.2. The van der Waals surface area contributed by atoms with Crippen molar-refractivity contribution in [2.75, 3.05) is 0 Å². The van der Waals surface area contributed by atoms with E-state index in [4.69, 9.17) is 10.8 Å². The van der Waals surface area contributed by atoms with Crippen LogP contribution in [0.1, 0.15) is 24.9 Å². The predicted molar refractivity (Wildman–Crippen MR) is 65.8 cm³/mol. The Morgan fingerprint density at radius 2 is 2.18 bits per heavy atom. The number of halogens is 2. The number of rotatable bonds is 7. The summed E-state index contributed by atoms with van der Waals surface area (Å²) in [6.45, 7) is 2.54. The molecule has 1 atom stereocenters. The van der Waals surface area contributed by atoms with Crippen LogP contribution in [0.25, 0.3) is 0 Å². The molecule has 0 amide bonds. The largest absolute Gasteiger partial charge is 0.464 e. The molecular formula is C12H15F2NOS. The summed E-state index contributed by atoms with van der Waals surface area (Å²) in [7, 11) is 0. The molecule has 1 N–H and O–H groups in total. The lowest BCUT2D eigenvalue weighted by Gasteiger charge is -2.08. The van der Waals surface area contributed by atoms with Gasteiger partial charge in [-0.1, -0.05) is 11.8 Å². The highest BCUT2D eigenvalue weighted by Crippen LogP contribution is 2.21. The Labute approximate surface area is 104 Å². The monoisotopic (exact) mass is 259 g/mol. The molecule has 0 bridgehead atoms. The number of hydrogen-bond acceptors (Lipinski definition) is 3. The lowest BCUT2D eigenvalue weighted by Crippen LogP contribution is -2.24. The molecule has 0 radical (unpaired) electrons. The molecule has 1 unspecified atom stereocenters. The van der Waals surface area contributed by atoms with Crippen molar-refractivity contribution in [3.8, 4) is 12.3 Å². The van der Waals surface area contributed by atoms with E-state index in [1.165, 1.54) is 0 Å². The van der Waals surface area contributed by atoms with Gasteiger partial charge in [0.25, 0.3) is 5.76 Å². The summed E-state index contributed by atoms with van der Waals surface area (Å²) in [6, 6.07) is 3.72. The summed E-state index contributed by atoms with van der Waals surface area (Å²) in [5.41, 5.74) is 0. The van der Waals surface area contributed by atoms with Crippen LogP contribution in [0, 0.1) is 12.3 Å². The maximum atomic E-state index is 12.0. The molecule has 0 aliphatic heterocycles. The minimum atomic E-state index is -2.36. The third-order valence-electron chi connectivity index (χ3n) is 2.12. The standard InChI is InChI=1S/C12H15F2NOS/c1-3-4-9(2)15-7-10-5-6-11(16-10)8-17-12(13)14/h1,5-6,9,12,15H,4,7-8H2,2H3. The summed E-state index contributed by atoms with van der Waals surface area (Å²) in [5, 5.41) is 3.19. The van der Waals surface area contributed by atoms with Crippen LogP contribution < -0.4 is 5.32 Å². The Hall–Kier alpha value is -0.990. The number of hydrogen-bond donors (Lipinski definition) is 1. The van der Waals surface area contributed by atoms with E-state index in [-0.39, 0.29) is 11.8 Å². The molecule has 0 saturated heterocycles. The first-order chi connectivity index (χ1) is 8.11. The number of terminal acetylenes is 1. The van der Waals surface area contributed by atoms with Crippen LogP contribution in [0.2, 0.25) is 0 Å². The zero-order chi connectivity index (χ0) is 12.7. The Balaban J connectivity index is 2.33.